The molecule has 0 N–H and O–H groups in total. The molecule has 1 rings (SSSR count). The zero-order valence-corrected chi connectivity index (χ0v) is 11.2. The SMILES string of the molecule is COc1cc(C)ccc1OCCOC(=O)N(C)C. The summed E-state index contributed by atoms with van der Waals surface area (Å²) in [6.07, 6.45) is -0.380. The largest absolute Gasteiger partial charge is 0.493 e. The van der Waals surface area contributed by atoms with E-state index in [-0.39, 0.29) is 12.7 Å². The highest BCUT2D eigenvalue weighted by Gasteiger charge is 2.06. The Kier molecular flexibility index (Phi) is 5.30. The van der Waals surface area contributed by atoms with Gasteiger partial charge in [0.05, 0.1) is 7.11 Å². The van der Waals surface area contributed by atoms with E-state index in [1.807, 2.05) is 25.1 Å². The molecule has 0 bridgehead atoms. The van der Waals surface area contributed by atoms with E-state index in [0.29, 0.717) is 18.1 Å². The summed E-state index contributed by atoms with van der Waals surface area (Å²) in [4.78, 5) is 12.5. The number of hydrogen-bond donors (Lipinski definition) is 0. The summed E-state index contributed by atoms with van der Waals surface area (Å²) in [5.41, 5.74) is 1.10. The Balaban J connectivity index is 2.42. The highest BCUT2D eigenvalue weighted by atomic mass is 16.6. The first-order valence-electron chi connectivity index (χ1n) is 5.66. The molecule has 0 aliphatic heterocycles. The molecule has 0 fully saturated rings. The maximum atomic E-state index is 11.1. The van der Waals surface area contributed by atoms with E-state index in [0.717, 1.165) is 5.56 Å². The van der Waals surface area contributed by atoms with Gasteiger partial charge in [-0.3, -0.25) is 0 Å². The molecular weight excluding hydrogens is 234 g/mol. The van der Waals surface area contributed by atoms with Gasteiger partial charge in [-0.2, -0.15) is 0 Å². The van der Waals surface area contributed by atoms with Crippen LogP contribution in [0.5, 0.6) is 11.5 Å². The van der Waals surface area contributed by atoms with Gasteiger partial charge >= 0.3 is 6.09 Å². The standard InChI is InChI=1S/C13H19NO4/c1-10-5-6-11(12(9-10)16-4)17-7-8-18-13(15)14(2)3/h5-6,9H,7-8H2,1-4H3. The van der Waals surface area contributed by atoms with Crippen molar-refractivity contribution < 1.29 is 19.0 Å². The number of aryl methyl sites for hydroxylation is 1. The molecule has 5 heteroatoms. The second kappa shape index (κ2) is 6.74. The highest BCUT2D eigenvalue weighted by Crippen LogP contribution is 2.27. The molecule has 0 saturated heterocycles. The third-order valence-corrected chi connectivity index (χ3v) is 2.25. The topological polar surface area (TPSA) is 48.0 Å². The van der Waals surface area contributed by atoms with Crippen molar-refractivity contribution in [2.24, 2.45) is 0 Å². The number of ether oxygens (including phenoxy) is 3. The molecule has 0 spiro atoms. The van der Waals surface area contributed by atoms with Crippen LogP contribution in [0.4, 0.5) is 4.79 Å². The number of carbonyl (C=O) groups excluding carboxylic acids is 1. The lowest BCUT2D eigenvalue weighted by molar-refractivity contribution is 0.101. The third-order valence-electron chi connectivity index (χ3n) is 2.25. The van der Waals surface area contributed by atoms with E-state index >= 15 is 0 Å². The maximum Gasteiger partial charge on any atom is 0.409 e. The summed E-state index contributed by atoms with van der Waals surface area (Å²) < 4.78 is 15.6. The average Bonchev–Trinajstić information content (AvgIpc) is 2.35. The smallest absolute Gasteiger partial charge is 0.409 e. The zero-order chi connectivity index (χ0) is 13.5. The van der Waals surface area contributed by atoms with Gasteiger partial charge in [-0.25, -0.2) is 4.79 Å². The molecule has 18 heavy (non-hydrogen) atoms. The van der Waals surface area contributed by atoms with E-state index in [4.69, 9.17) is 14.2 Å². The number of methoxy groups -OCH3 is 1. The molecule has 0 aliphatic rings. The summed E-state index contributed by atoms with van der Waals surface area (Å²) in [6, 6.07) is 5.66. The Morgan fingerprint density at radius 2 is 1.94 bits per heavy atom. The third kappa shape index (κ3) is 4.16. The number of carbonyl (C=O) groups is 1. The van der Waals surface area contributed by atoms with Crippen LogP contribution >= 0.6 is 0 Å². The Bertz CT molecular complexity index is 404. The predicted octanol–water partition coefficient (Wildman–Crippen LogP) is 2.08. The lowest BCUT2D eigenvalue weighted by Crippen LogP contribution is -2.24. The van der Waals surface area contributed by atoms with Crippen LogP contribution in [-0.4, -0.2) is 45.4 Å². The zero-order valence-electron chi connectivity index (χ0n) is 11.2. The van der Waals surface area contributed by atoms with Gasteiger partial charge in [-0.1, -0.05) is 6.07 Å². The number of nitrogens with zero attached hydrogens (tertiary/aromatic N) is 1. The summed E-state index contributed by atoms with van der Waals surface area (Å²) in [5.74, 6) is 1.32. The molecule has 0 heterocycles. The van der Waals surface area contributed by atoms with Gasteiger partial charge in [0.2, 0.25) is 0 Å². The first-order valence-corrected chi connectivity index (χ1v) is 5.66. The van der Waals surface area contributed by atoms with Crippen molar-refractivity contribution in [2.45, 2.75) is 6.92 Å². The molecule has 100 valence electrons. The fourth-order valence-corrected chi connectivity index (χ4v) is 1.30. The van der Waals surface area contributed by atoms with Crippen LogP contribution in [-0.2, 0) is 4.74 Å². The number of amides is 1. The van der Waals surface area contributed by atoms with Gasteiger partial charge in [0.25, 0.3) is 0 Å². The van der Waals surface area contributed by atoms with E-state index in [2.05, 4.69) is 0 Å². The van der Waals surface area contributed by atoms with Crippen LogP contribution in [0.15, 0.2) is 18.2 Å². The molecular formula is C13H19NO4. The Labute approximate surface area is 107 Å². The van der Waals surface area contributed by atoms with E-state index in [9.17, 15) is 4.79 Å². The number of benzene rings is 1. The Hall–Kier alpha value is -1.91. The normalized spacial score (nSPS) is 9.78. The minimum absolute atomic E-state index is 0.202. The molecule has 1 aromatic carbocycles. The van der Waals surface area contributed by atoms with Crippen LogP contribution in [0.1, 0.15) is 5.56 Å². The number of hydrogen-bond acceptors (Lipinski definition) is 4. The second-order valence-electron chi connectivity index (χ2n) is 4.01. The van der Waals surface area contributed by atoms with E-state index < -0.39 is 0 Å². The van der Waals surface area contributed by atoms with Crippen molar-refractivity contribution in [3.8, 4) is 11.5 Å². The molecule has 0 aromatic heterocycles. The van der Waals surface area contributed by atoms with Crippen molar-refractivity contribution in [2.75, 3.05) is 34.4 Å². The van der Waals surface area contributed by atoms with Crippen molar-refractivity contribution in [1.82, 2.24) is 4.90 Å². The first-order chi connectivity index (χ1) is 8.54. The van der Waals surface area contributed by atoms with Crippen LogP contribution in [0.3, 0.4) is 0 Å². The Morgan fingerprint density at radius 3 is 2.56 bits per heavy atom. The molecule has 0 aliphatic carbocycles. The lowest BCUT2D eigenvalue weighted by Gasteiger charge is -2.13. The van der Waals surface area contributed by atoms with Crippen LogP contribution in [0, 0.1) is 6.92 Å². The average molecular weight is 253 g/mol. The highest BCUT2D eigenvalue weighted by molar-refractivity contribution is 5.66. The molecule has 0 unspecified atom stereocenters. The lowest BCUT2D eigenvalue weighted by atomic mass is 10.2. The Morgan fingerprint density at radius 1 is 1.22 bits per heavy atom. The van der Waals surface area contributed by atoms with Crippen molar-refractivity contribution in [3.05, 3.63) is 23.8 Å². The van der Waals surface area contributed by atoms with Gasteiger partial charge in [0.15, 0.2) is 11.5 Å². The fraction of sp³-hybridized carbons (Fsp3) is 0.462. The minimum atomic E-state index is -0.380. The minimum Gasteiger partial charge on any atom is -0.493 e. The van der Waals surface area contributed by atoms with Gasteiger partial charge in [-0.15, -0.1) is 0 Å². The fourth-order valence-electron chi connectivity index (χ4n) is 1.30. The van der Waals surface area contributed by atoms with Gasteiger partial charge in [0.1, 0.15) is 13.2 Å². The van der Waals surface area contributed by atoms with Crippen LogP contribution in [0.2, 0.25) is 0 Å². The molecule has 1 aromatic rings. The van der Waals surface area contributed by atoms with Gasteiger partial charge in [-0.05, 0) is 24.6 Å². The van der Waals surface area contributed by atoms with Crippen LogP contribution in [0.25, 0.3) is 0 Å². The molecule has 0 saturated carbocycles. The number of rotatable bonds is 5. The molecule has 0 radical (unpaired) electrons. The first kappa shape index (κ1) is 14.2. The van der Waals surface area contributed by atoms with Crippen molar-refractivity contribution in [1.29, 1.82) is 0 Å². The molecule has 5 nitrogen and oxygen atoms in total. The summed E-state index contributed by atoms with van der Waals surface area (Å²) >= 11 is 0. The molecule has 0 atom stereocenters. The van der Waals surface area contributed by atoms with Crippen molar-refractivity contribution in [3.63, 3.8) is 0 Å². The van der Waals surface area contributed by atoms with Crippen molar-refractivity contribution >= 4 is 6.09 Å². The summed E-state index contributed by atoms with van der Waals surface area (Å²) in [7, 11) is 4.85. The van der Waals surface area contributed by atoms with E-state index in [1.54, 1.807) is 21.2 Å². The summed E-state index contributed by atoms with van der Waals surface area (Å²) in [6.45, 7) is 2.47. The molecule has 1 amide bonds. The monoisotopic (exact) mass is 253 g/mol. The predicted molar refractivity (Wildman–Crippen MR) is 68.3 cm³/mol. The second-order valence-corrected chi connectivity index (χ2v) is 4.01. The van der Waals surface area contributed by atoms with Gasteiger partial charge in [0, 0.05) is 14.1 Å². The van der Waals surface area contributed by atoms with Crippen LogP contribution < -0.4 is 9.47 Å². The van der Waals surface area contributed by atoms with Gasteiger partial charge < -0.3 is 19.1 Å². The quantitative estimate of drug-likeness (QED) is 0.754. The van der Waals surface area contributed by atoms with E-state index in [1.165, 1.54) is 4.90 Å². The maximum absolute atomic E-state index is 11.1. The summed E-state index contributed by atoms with van der Waals surface area (Å²) in [5, 5.41) is 0.